The molecule has 0 fully saturated rings. The third-order valence-electron chi connectivity index (χ3n) is 1.80. The van der Waals surface area contributed by atoms with Crippen LogP contribution in [0, 0.1) is 0 Å². The van der Waals surface area contributed by atoms with E-state index in [0.717, 1.165) is 10.1 Å². The highest BCUT2D eigenvalue weighted by molar-refractivity contribution is 7.13. The predicted molar refractivity (Wildman–Crippen MR) is 51.0 cm³/mol. The van der Waals surface area contributed by atoms with Crippen molar-refractivity contribution in [2.24, 2.45) is 0 Å². The van der Waals surface area contributed by atoms with Crippen molar-refractivity contribution in [1.82, 2.24) is 4.37 Å². The molecule has 66 valence electrons. The Kier molecular flexibility index (Phi) is 1.98. The molecule has 13 heavy (non-hydrogen) atoms. The maximum Gasteiger partial charge on any atom is 0.338 e. The Bertz CT molecular complexity index is 450. The number of ether oxygens (including phenoxy) is 1. The van der Waals surface area contributed by atoms with Crippen LogP contribution in [0.3, 0.4) is 0 Å². The van der Waals surface area contributed by atoms with Gasteiger partial charge in [0.05, 0.1) is 17.4 Å². The van der Waals surface area contributed by atoms with Gasteiger partial charge in [0.25, 0.3) is 0 Å². The second-order valence-corrected chi connectivity index (χ2v) is 3.37. The molecule has 0 saturated carbocycles. The quantitative estimate of drug-likeness (QED) is 0.651. The number of carbonyl (C=O) groups is 1. The lowest BCUT2D eigenvalue weighted by Gasteiger charge is -1.98. The van der Waals surface area contributed by atoms with Crippen LogP contribution in [0.4, 0.5) is 0 Å². The van der Waals surface area contributed by atoms with Gasteiger partial charge >= 0.3 is 5.97 Å². The van der Waals surface area contributed by atoms with Gasteiger partial charge in [-0.05, 0) is 23.7 Å². The summed E-state index contributed by atoms with van der Waals surface area (Å²) in [4.78, 5) is 11.3. The van der Waals surface area contributed by atoms with Gasteiger partial charge in [0.2, 0.25) is 0 Å². The summed E-state index contributed by atoms with van der Waals surface area (Å²) in [5.41, 5.74) is 0.578. The summed E-state index contributed by atoms with van der Waals surface area (Å²) in [6.45, 7) is 0. The first kappa shape index (κ1) is 8.19. The molecule has 0 amide bonds. The Morgan fingerprint density at radius 3 is 3.15 bits per heavy atom. The predicted octanol–water partition coefficient (Wildman–Crippen LogP) is 2.08. The average molecular weight is 193 g/mol. The number of hydrogen-bond donors (Lipinski definition) is 0. The summed E-state index contributed by atoms with van der Waals surface area (Å²) in [7, 11) is 1.38. The van der Waals surface area contributed by atoms with E-state index in [1.54, 1.807) is 12.3 Å². The molecule has 0 radical (unpaired) electrons. The molecule has 0 unspecified atom stereocenters. The number of esters is 1. The number of benzene rings is 1. The van der Waals surface area contributed by atoms with Crippen LogP contribution in [0.2, 0.25) is 0 Å². The molecular weight excluding hydrogens is 186 g/mol. The number of hydrogen-bond acceptors (Lipinski definition) is 4. The monoisotopic (exact) mass is 193 g/mol. The summed E-state index contributed by atoms with van der Waals surface area (Å²) in [5, 5.41) is 0.861. The molecule has 1 heterocycles. The minimum Gasteiger partial charge on any atom is -0.465 e. The van der Waals surface area contributed by atoms with Gasteiger partial charge in [0, 0.05) is 11.6 Å². The maximum atomic E-state index is 11.3. The van der Waals surface area contributed by atoms with Crippen LogP contribution < -0.4 is 0 Å². The highest BCUT2D eigenvalue weighted by Gasteiger charge is 2.10. The molecule has 0 N–H and O–H groups in total. The molecule has 0 aliphatic heterocycles. The van der Waals surface area contributed by atoms with Crippen LogP contribution in [0.5, 0.6) is 0 Å². The number of fused-ring (bicyclic) bond motifs is 1. The number of carbonyl (C=O) groups excluding carboxylic acids is 1. The minimum atomic E-state index is -0.314. The first-order valence-electron chi connectivity index (χ1n) is 3.74. The first-order valence-corrected chi connectivity index (χ1v) is 4.52. The van der Waals surface area contributed by atoms with E-state index in [1.165, 1.54) is 18.6 Å². The van der Waals surface area contributed by atoms with Gasteiger partial charge < -0.3 is 4.74 Å². The Hall–Kier alpha value is -1.42. The molecule has 0 saturated heterocycles. The minimum absolute atomic E-state index is 0.314. The zero-order valence-corrected chi connectivity index (χ0v) is 7.80. The van der Waals surface area contributed by atoms with Crippen molar-refractivity contribution in [2.75, 3.05) is 7.11 Å². The van der Waals surface area contributed by atoms with E-state index >= 15 is 0 Å². The van der Waals surface area contributed by atoms with Gasteiger partial charge in [-0.25, -0.2) is 4.79 Å². The van der Waals surface area contributed by atoms with Gasteiger partial charge in [-0.15, -0.1) is 0 Å². The van der Waals surface area contributed by atoms with E-state index in [4.69, 9.17) is 0 Å². The number of rotatable bonds is 1. The molecular formula is C9H7NO2S. The Labute approximate surface area is 79.1 Å². The average Bonchev–Trinajstić information content (AvgIpc) is 2.63. The van der Waals surface area contributed by atoms with Gasteiger partial charge in [-0.2, -0.15) is 4.37 Å². The van der Waals surface area contributed by atoms with Crippen molar-refractivity contribution in [3.63, 3.8) is 0 Å². The highest BCUT2D eigenvalue weighted by atomic mass is 32.1. The van der Waals surface area contributed by atoms with E-state index in [9.17, 15) is 4.79 Å². The van der Waals surface area contributed by atoms with Crippen LogP contribution in [-0.4, -0.2) is 17.5 Å². The van der Waals surface area contributed by atoms with E-state index in [1.807, 2.05) is 12.1 Å². The lowest BCUT2D eigenvalue weighted by atomic mass is 10.1. The summed E-state index contributed by atoms with van der Waals surface area (Å²) >= 11 is 1.37. The third kappa shape index (κ3) is 1.29. The number of nitrogens with zero attached hydrogens (tertiary/aromatic N) is 1. The standard InChI is InChI=1S/C9H7NO2S/c1-12-9(11)6-3-2-4-8-7(6)5-10-13-8/h2-5H,1H3. The molecule has 4 heteroatoms. The van der Waals surface area contributed by atoms with Crippen LogP contribution in [0.25, 0.3) is 10.1 Å². The van der Waals surface area contributed by atoms with Crippen LogP contribution in [0.1, 0.15) is 10.4 Å². The summed E-state index contributed by atoms with van der Waals surface area (Å²) < 4.78 is 9.67. The van der Waals surface area contributed by atoms with Crippen LogP contribution in [-0.2, 0) is 4.74 Å². The number of methoxy groups -OCH3 is 1. The van der Waals surface area contributed by atoms with Crippen molar-refractivity contribution in [3.05, 3.63) is 30.0 Å². The molecule has 2 aromatic rings. The van der Waals surface area contributed by atoms with E-state index in [0.29, 0.717) is 5.56 Å². The second-order valence-electron chi connectivity index (χ2n) is 2.53. The van der Waals surface area contributed by atoms with E-state index < -0.39 is 0 Å². The topological polar surface area (TPSA) is 39.2 Å². The zero-order valence-electron chi connectivity index (χ0n) is 6.98. The highest BCUT2D eigenvalue weighted by Crippen LogP contribution is 2.22. The molecule has 1 aromatic heterocycles. The zero-order chi connectivity index (χ0) is 9.26. The molecule has 3 nitrogen and oxygen atoms in total. The van der Waals surface area contributed by atoms with Crippen LogP contribution >= 0.6 is 11.5 Å². The van der Waals surface area contributed by atoms with Gasteiger partial charge in [-0.3, -0.25) is 0 Å². The molecule has 0 aliphatic carbocycles. The molecule has 0 spiro atoms. The van der Waals surface area contributed by atoms with Crippen molar-refractivity contribution in [1.29, 1.82) is 0 Å². The molecule has 1 aromatic carbocycles. The molecule has 0 bridgehead atoms. The lowest BCUT2D eigenvalue weighted by Crippen LogP contribution is -2.00. The van der Waals surface area contributed by atoms with Gasteiger partial charge in [-0.1, -0.05) is 6.07 Å². The Balaban J connectivity index is 2.67. The smallest absolute Gasteiger partial charge is 0.338 e. The second kappa shape index (κ2) is 3.14. The Morgan fingerprint density at radius 1 is 1.54 bits per heavy atom. The molecule has 0 aliphatic rings. The SMILES string of the molecule is COC(=O)c1cccc2sncc12. The largest absolute Gasteiger partial charge is 0.465 e. The van der Waals surface area contributed by atoms with Crippen molar-refractivity contribution < 1.29 is 9.53 Å². The van der Waals surface area contributed by atoms with Crippen molar-refractivity contribution in [2.45, 2.75) is 0 Å². The lowest BCUT2D eigenvalue weighted by molar-refractivity contribution is 0.0603. The summed E-state index contributed by atoms with van der Waals surface area (Å²) in [5.74, 6) is -0.314. The maximum absolute atomic E-state index is 11.3. The van der Waals surface area contributed by atoms with Crippen molar-refractivity contribution in [3.8, 4) is 0 Å². The fourth-order valence-corrected chi connectivity index (χ4v) is 1.85. The molecule has 0 atom stereocenters. The third-order valence-corrected chi connectivity index (χ3v) is 2.57. The fourth-order valence-electron chi connectivity index (χ4n) is 1.18. The first-order chi connectivity index (χ1) is 6.33. The van der Waals surface area contributed by atoms with Crippen molar-refractivity contribution >= 4 is 27.6 Å². The Morgan fingerprint density at radius 2 is 2.38 bits per heavy atom. The molecule has 2 rings (SSSR count). The summed E-state index contributed by atoms with van der Waals surface area (Å²) in [6.07, 6.45) is 1.69. The van der Waals surface area contributed by atoms with Gasteiger partial charge in [0.15, 0.2) is 0 Å². The normalized spacial score (nSPS) is 10.2. The number of aromatic nitrogens is 1. The van der Waals surface area contributed by atoms with E-state index in [-0.39, 0.29) is 5.97 Å². The fraction of sp³-hybridized carbons (Fsp3) is 0.111. The van der Waals surface area contributed by atoms with Crippen LogP contribution in [0.15, 0.2) is 24.4 Å². The van der Waals surface area contributed by atoms with E-state index in [2.05, 4.69) is 9.11 Å². The van der Waals surface area contributed by atoms with Gasteiger partial charge in [0.1, 0.15) is 0 Å². The summed E-state index contributed by atoms with van der Waals surface area (Å²) in [6, 6.07) is 5.49.